The molecule has 1 aromatic carbocycles. The van der Waals surface area contributed by atoms with Crippen LogP contribution in [0, 0.1) is 5.92 Å². The number of hydrogen-bond acceptors (Lipinski definition) is 3. The lowest BCUT2D eigenvalue weighted by Crippen LogP contribution is -2.51. The summed E-state index contributed by atoms with van der Waals surface area (Å²) >= 11 is 0. The summed E-state index contributed by atoms with van der Waals surface area (Å²) in [7, 11) is 0. The normalized spacial score (nSPS) is 32.2. The van der Waals surface area contributed by atoms with Gasteiger partial charge in [-0.1, -0.05) is 30.3 Å². The van der Waals surface area contributed by atoms with E-state index in [0.29, 0.717) is 24.4 Å². The van der Waals surface area contributed by atoms with E-state index in [1.54, 1.807) is 0 Å². The third-order valence-electron chi connectivity index (χ3n) is 5.63. The second-order valence-corrected chi connectivity index (χ2v) is 7.35. The highest BCUT2D eigenvalue weighted by Crippen LogP contribution is 2.46. The third-order valence-corrected chi connectivity index (χ3v) is 5.63. The fourth-order valence-electron chi connectivity index (χ4n) is 4.08. The predicted octanol–water partition coefficient (Wildman–Crippen LogP) is 1.95. The van der Waals surface area contributed by atoms with Crippen LogP contribution in [0.3, 0.4) is 0 Å². The monoisotopic (exact) mass is 329 g/mol. The van der Waals surface area contributed by atoms with E-state index in [2.05, 4.69) is 39.8 Å². The van der Waals surface area contributed by atoms with Crippen LogP contribution in [0.5, 0.6) is 0 Å². The van der Waals surface area contributed by atoms with Crippen molar-refractivity contribution in [2.24, 2.45) is 5.92 Å². The summed E-state index contributed by atoms with van der Waals surface area (Å²) in [5, 5.41) is 5.98. The molecule has 1 aliphatic carbocycles. The summed E-state index contributed by atoms with van der Waals surface area (Å²) in [6, 6.07) is 11.1. The number of hydrogen-bond donors (Lipinski definition) is 2. The van der Waals surface area contributed by atoms with Gasteiger partial charge in [-0.05, 0) is 43.2 Å². The van der Waals surface area contributed by atoms with Crippen molar-refractivity contribution in [1.29, 1.82) is 0 Å². The molecule has 4 atom stereocenters. The van der Waals surface area contributed by atoms with E-state index in [-0.39, 0.29) is 12.1 Å². The SMILES string of the molecule is O=C(NC[C@@H]1CN2CCC[C@@H]2CO1)NC[C@@H]1C[C@H]1c1ccccc1. The summed E-state index contributed by atoms with van der Waals surface area (Å²) in [5.74, 6) is 1.19. The maximum Gasteiger partial charge on any atom is 0.314 e. The number of fused-ring (bicyclic) bond motifs is 1. The Kier molecular flexibility index (Phi) is 4.72. The molecular formula is C19H27N3O2. The fourth-order valence-corrected chi connectivity index (χ4v) is 4.08. The van der Waals surface area contributed by atoms with E-state index >= 15 is 0 Å². The van der Waals surface area contributed by atoms with Crippen LogP contribution in [-0.4, -0.2) is 55.9 Å². The maximum atomic E-state index is 12.0. The summed E-state index contributed by atoms with van der Waals surface area (Å²) in [5.41, 5.74) is 1.39. The topological polar surface area (TPSA) is 53.6 Å². The first kappa shape index (κ1) is 15.9. The molecule has 0 unspecified atom stereocenters. The van der Waals surface area contributed by atoms with Crippen LogP contribution in [0.4, 0.5) is 4.79 Å². The van der Waals surface area contributed by atoms with Crippen LogP contribution >= 0.6 is 0 Å². The van der Waals surface area contributed by atoms with Gasteiger partial charge in [0, 0.05) is 25.7 Å². The molecule has 5 heteroatoms. The van der Waals surface area contributed by atoms with E-state index < -0.39 is 0 Å². The standard InChI is InChI=1S/C19H27N3O2/c23-19(20-10-15-9-18(15)14-5-2-1-3-6-14)21-11-17-12-22-8-4-7-16(22)13-24-17/h1-3,5-6,15-18H,4,7-13H2,(H2,20,21,23)/t15-,16+,17+,18-/m0/s1. The molecule has 0 aromatic heterocycles. The summed E-state index contributed by atoms with van der Waals surface area (Å²) in [4.78, 5) is 14.5. The van der Waals surface area contributed by atoms with Crippen molar-refractivity contribution in [2.45, 2.75) is 37.3 Å². The highest BCUT2D eigenvalue weighted by molar-refractivity contribution is 5.73. The average molecular weight is 329 g/mol. The van der Waals surface area contributed by atoms with Gasteiger partial charge in [-0.3, -0.25) is 4.90 Å². The number of nitrogens with zero attached hydrogens (tertiary/aromatic N) is 1. The molecule has 0 spiro atoms. The first-order valence-corrected chi connectivity index (χ1v) is 9.22. The van der Waals surface area contributed by atoms with E-state index in [9.17, 15) is 4.79 Å². The van der Waals surface area contributed by atoms with Gasteiger partial charge in [0.15, 0.2) is 0 Å². The molecule has 2 heterocycles. The Bertz CT molecular complexity index is 565. The molecular weight excluding hydrogens is 302 g/mol. The van der Waals surface area contributed by atoms with Gasteiger partial charge in [-0.15, -0.1) is 0 Å². The van der Waals surface area contributed by atoms with Crippen molar-refractivity contribution in [3.63, 3.8) is 0 Å². The first-order chi connectivity index (χ1) is 11.8. The molecule has 1 saturated carbocycles. The molecule has 2 aliphatic heterocycles. The quantitative estimate of drug-likeness (QED) is 0.868. The van der Waals surface area contributed by atoms with Gasteiger partial charge in [-0.2, -0.15) is 0 Å². The Morgan fingerprint density at radius 1 is 1.21 bits per heavy atom. The van der Waals surface area contributed by atoms with Gasteiger partial charge in [0.1, 0.15) is 0 Å². The number of rotatable bonds is 5. The Morgan fingerprint density at radius 2 is 2.04 bits per heavy atom. The Morgan fingerprint density at radius 3 is 2.92 bits per heavy atom. The van der Waals surface area contributed by atoms with Crippen molar-refractivity contribution < 1.29 is 9.53 Å². The van der Waals surface area contributed by atoms with Gasteiger partial charge in [0.25, 0.3) is 0 Å². The van der Waals surface area contributed by atoms with Gasteiger partial charge in [0.05, 0.1) is 12.7 Å². The van der Waals surface area contributed by atoms with Crippen molar-refractivity contribution in [2.75, 3.05) is 32.8 Å². The molecule has 4 rings (SSSR count). The van der Waals surface area contributed by atoms with Gasteiger partial charge < -0.3 is 15.4 Å². The zero-order valence-electron chi connectivity index (χ0n) is 14.1. The van der Waals surface area contributed by atoms with Crippen molar-refractivity contribution >= 4 is 6.03 Å². The van der Waals surface area contributed by atoms with Crippen LogP contribution in [0.15, 0.2) is 30.3 Å². The molecule has 0 radical (unpaired) electrons. The predicted molar refractivity (Wildman–Crippen MR) is 93.0 cm³/mol. The van der Waals surface area contributed by atoms with Crippen LogP contribution < -0.4 is 10.6 Å². The molecule has 1 aromatic rings. The summed E-state index contributed by atoms with van der Waals surface area (Å²) in [6.45, 7) is 4.30. The smallest absolute Gasteiger partial charge is 0.314 e. The zero-order valence-corrected chi connectivity index (χ0v) is 14.1. The van der Waals surface area contributed by atoms with Crippen LogP contribution in [0.25, 0.3) is 0 Å². The number of benzene rings is 1. The van der Waals surface area contributed by atoms with E-state index in [1.807, 2.05) is 6.07 Å². The number of carbonyl (C=O) groups excluding carboxylic acids is 1. The fraction of sp³-hybridized carbons (Fsp3) is 0.632. The lowest BCUT2D eigenvalue weighted by Gasteiger charge is -2.35. The molecule has 2 N–H and O–H groups in total. The van der Waals surface area contributed by atoms with Gasteiger partial charge in [-0.25, -0.2) is 4.79 Å². The second-order valence-electron chi connectivity index (χ2n) is 7.35. The first-order valence-electron chi connectivity index (χ1n) is 9.22. The maximum absolute atomic E-state index is 12.0. The highest BCUT2D eigenvalue weighted by Gasteiger charge is 2.38. The minimum atomic E-state index is -0.0687. The zero-order chi connectivity index (χ0) is 16.4. The van der Waals surface area contributed by atoms with Crippen molar-refractivity contribution in [1.82, 2.24) is 15.5 Å². The summed E-state index contributed by atoms with van der Waals surface area (Å²) in [6.07, 6.45) is 3.83. The van der Waals surface area contributed by atoms with Crippen LogP contribution in [-0.2, 0) is 4.74 Å². The Hall–Kier alpha value is -1.59. The lowest BCUT2D eigenvalue weighted by atomic mass is 10.1. The molecule has 0 bridgehead atoms. The van der Waals surface area contributed by atoms with E-state index in [1.165, 1.54) is 31.4 Å². The minimum absolute atomic E-state index is 0.0687. The molecule has 130 valence electrons. The molecule has 3 aliphatic rings. The molecule has 2 saturated heterocycles. The van der Waals surface area contributed by atoms with Crippen molar-refractivity contribution in [3.8, 4) is 0 Å². The van der Waals surface area contributed by atoms with Gasteiger partial charge in [0.2, 0.25) is 0 Å². The highest BCUT2D eigenvalue weighted by atomic mass is 16.5. The number of morpholine rings is 1. The molecule has 3 fully saturated rings. The number of nitrogens with one attached hydrogen (secondary N) is 2. The lowest BCUT2D eigenvalue weighted by molar-refractivity contribution is -0.0457. The van der Waals surface area contributed by atoms with Gasteiger partial charge >= 0.3 is 6.03 Å². The molecule has 2 amide bonds. The third kappa shape index (κ3) is 3.73. The number of amides is 2. The Labute approximate surface area is 143 Å². The minimum Gasteiger partial charge on any atom is -0.373 e. The summed E-state index contributed by atoms with van der Waals surface area (Å²) < 4.78 is 5.87. The van der Waals surface area contributed by atoms with Crippen molar-refractivity contribution in [3.05, 3.63) is 35.9 Å². The number of ether oxygens (including phenoxy) is 1. The van der Waals surface area contributed by atoms with E-state index in [0.717, 1.165) is 19.7 Å². The van der Waals surface area contributed by atoms with E-state index in [4.69, 9.17) is 4.74 Å². The molecule has 5 nitrogen and oxygen atoms in total. The van der Waals surface area contributed by atoms with Crippen LogP contribution in [0.1, 0.15) is 30.7 Å². The second kappa shape index (κ2) is 7.11. The number of urea groups is 1. The Balaban J connectivity index is 1.13. The molecule has 24 heavy (non-hydrogen) atoms. The largest absolute Gasteiger partial charge is 0.373 e. The average Bonchev–Trinajstić information content (AvgIpc) is 3.26. The van der Waals surface area contributed by atoms with Crippen LogP contribution in [0.2, 0.25) is 0 Å². The number of carbonyl (C=O) groups is 1.